The van der Waals surface area contributed by atoms with Gasteiger partial charge in [0.1, 0.15) is 5.01 Å². The third-order valence-electron chi connectivity index (χ3n) is 6.56. The van der Waals surface area contributed by atoms with E-state index in [9.17, 15) is 13.2 Å². The molecule has 0 N–H and O–H groups in total. The molecule has 7 nitrogen and oxygen atoms in total. The fourth-order valence-electron chi connectivity index (χ4n) is 4.75. The lowest BCUT2D eigenvalue weighted by Crippen LogP contribution is -2.44. The van der Waals surface area contributed by atoms with Crippen LogP contribution in [0.5, 0.6) is 0 Å². The Balaban J connectivity index is 1.26. The Morgan fingerprint density at radius 1 is 1.03 bits per heavy atom. The monoisotopic (exact) mass is 480 g/mol. The predicted molar refractivity (Wildman–Crippen MR) is 126 cm³/mol. The Kier molecular flexibility index (Phi) is 5.91. The molecule has 0 radical (unpaired) electrons. The number of para-hydroxylation sites is 1. The lowest BCUT2D eigenvalue weighted by atomic mass is 9.96. The Morgan fingerprint density at radius 2 is 1.76 bits per heavy atom. The van der Waals surface area contributed by atoms with E-state index in [0.717, 1.165) is 34.6 Å². The number of rotatable bonds is 4. The van der Waals surface area contributed by atoms with Gasteiger partial charge in [0.15, 0.2) is 0 Å². The molecule has 1 amide bonds. The summed E-state index contributed by atoms with van der Waals surface area (Å²) in [5.41, 5.74) is 1.39. The van der Waals surface area contributed by atoms with E-state index in [1.165, 1.54) is 28.6 Å². The highest BCUT2D eigenvalue weighted by Crippen LogP contribution is 2.38. The van der Waals surface area contributed by atoms with Crippen LogP contribution >= 0.6 is 11.3 Å². The van der Waals surface area contributed by atoms with Gasteiger partial charge in [-0.2, -0.15) is 9.57 Å². The van der Waals surface area contributed by atoms with Gasteiger partial charge in [-0.15, -0.1) is 11.3 Å². The number of carbonyl (C=O) groups excluding carboxylic acids is 1. The van der Waals surface area contributed by atoms with Gasteiger partial charge in [0.2, 0.25) is 15.9 Å². The van der Waals surface area contributed by atoms with Crippen molar-refractivity contribution >= 4 is 37.5 Å². The summed E-state index contributed by atoms with van der Waals surface area (Å²) in [4.78, 5) is 20.3. The van der Waals surface area contributed by atoms with Crippen molar-refractivity contribution in [2.24, 2.45) is 5.92 Å². The predicted octanol–water partition coefficient (Wildman–Crippen LogP) is 3.93. The van der Waals surface area contributed by atoms with Gasteiger partial charge in [-0.3, -0.25) is 4.79 Å². The smallest absolute Gasteiger partial charge is 0.243 e. The number of nitrogens with zero attached hydrogens (tertiary/aromatic N) is 4. The molecule has 2 fully saturated rings. The first-order valence-electron chi connectivity index (χ1n) is 11.1. The number of nitriles is 1. The molecular formula is C24H24N4O3S2. The van der Waals surface area contributed by atoms with Crippen LogP contribution in [0.15, 0.2) is 53.4 Å². The molecule has 1 aromatic heterocycles. The Bertz CT molecular complexity index is 1290. The number of amides is 1. The van der Waals surface area contributed by atoms with Gasteiger partial charge in [0, 0.05) is 25.6 Å². The molecule has 170 valence electrons. The molecule has 1 atom stereocenters. The van der Waals surface area contributed by atoms with E-state index in [2.05, 4.69) is 6.07 Å². The Labute approximate surface area is 197 Å². The van der Waals surface area contributed by atoms with Crippen LogP contribution < -0.4 is 0 Å². The molecule has 2 saturated heterocycles. The Hall–Kier alpha value is -2.80. The van der Waals surface area contributed by atoms with E-state index in [1.54, 1.807) is 11.3 Å². The van der Waals surface area contributed by atoms with Crippen LogP contribution in [0, 0.1) is 17.2 Å². The van der Waals surface area contributed by atoms with Crippen LogP contribution in [0.25, 0.3) is 10.2 Å². The highest BCUT2D eigenvalue weighted by Gasteiger charge is 2.38. The van der Waals surface area contributed by atoms with Crippen molar-refractivity contribution in [3.63, 3.8) is 0 Å². The van der Waals surface area contributed by atoms with Crippen molar-refractivity contribution in [1.82, 2.24) is 14.2 Å². The number of thiazole rings is 1. The minimum atomic E-state index is -3.63. The number of fused-ring (bicyclic) bond motifs is 1. The molecule has 5 rings (SSSR count). The summed E-state index contributed by atoms with van der Waals surface area (Å²) >= 11 is 1.65. The minimum absolute atomic E-state index is 0.00955. The summed E-state index contributed by atoms with van der Waals surface area (Å²) in [6.07, 6.45) is 2.89. The molecule has 2 aliphatic heterocycles. The van der Waals surface area contributed by atoms with Crippen LogP contribution in [-0.4, -0.2) is 48.1 Å². The van der Waals surface area contributed by atoms with Crippen LogP contribution in [0.1, 0.15) is 42.3 Å². The zero-order valence-electron chi connectivity index (χ0n) is 18.1. The first-order valence-corrected chi connectivity index (χ1v) is 13.4. The highest BCUT2D eigenvalue weighted by atomic mass is 32.2. The summed E-state index contributed by atoms with van der Waals surface area (Å²) in [6.45, 7) is 1.36. The van der Waals surface area contributed by atoms with Crippen molar-refractivity contribution < 1.29 is 13.2 Å². The molecule has 2 aromatic carbocycles. The summed E-state index contributed by atoms with van der Waals surface area (Å²) < 4.78 is 28.5. The fraction of sp³-hybridized carbons (Fsp3) is 0.375. The average Bonchev–Trinajstić information content (AvgIpc) is 3.50. The largest absolute Gasteiger partial charge is 0.333 e. The first kappa shape index (κ1) is 22.0. The molecule has 9 heteroatoms. The minimum Gasteiger partial charge on any atom is -0.333 e. The molecule has 33 heavy (non-hydrogen) atoms. The maximum Gasteiger partial charge on any atom is 0.243 e. The van der Waals surface area contributed by atoms with Gasteiger partial charge in [-0.05, 0) is 62.1 Å². The van der Waals surface area contributed by atoms with E-state index in [4.69, 9.17) is 10.2 Å². The van der Waals surface area contributed by atoms with E-state index in [1.807, 2.05) is 29.2 Å². The number of piperidine rings is 1. The number of likely N-dealkylation sites (tertiary alicyclic amines) is 1. The van der Waals surface area contributed by atoms with Crippen molar-refractivity contribution in [1.29, 1.82) is 5.26 Å². The van der Waals surface area contributed by atoms with Gasteiger partial charge < -0.3 is 4.90 Å². The third kappa shape index (κ3) is 4.14. The first-order chi connectivity index (χ1) is 16.0. The topological polar surface area (TPSA) is 94.4 Å². The van der Waals surface area contributed by atoms with E-state index in [0.29, 0.717) is 31.5 Å². The second kappa shape index (κ2) is 8.86. The van der Waals surface area contributed by atoms with Crippen molar-refractivity contribution in [3.8, 4) is 6.07 Å². The molecule has 0 saturated carbocycles. The van der Waals surface area contributed by atoms with Gasteiger partial charge >= 0.3 is 0 Å². The van der Waals surface area contributed by atoms with Gasteiger partial charge in [-0.25, -0.2) is 13.4 Å². The normalized spacial score (nSPS) is 20.2. The molecule has 3 aromatic rings. The maximum atomic E-state index is 13.4. The highest BCUT2D eigenvalue weighted by molar-refractivity contribution is 7.89. The second-order valence-electron chi connectivity index (χ2n) is 8.52. The summed E-state index contributed by atoms with van der Waals surface area (Å²) in [5.74, 6) is -0.0560. The molecule has 0 unspecified atom stereocenters. The molecule has 2 aliphatic rings. The van der Waals surface area contributed by atoms with Gasteiger partial charge in [0.25, 0.3) is 0 Å². The van der Waals surface area contributed by atoms with Crippen molar-refractivity contribution in [2.75, 3.05) is 19.6 Å². The van der Waals surface area contributed by atoms with Crippen molar-refractivity contribution in [2.45, 2.75) is 36.6 Å². The van der Waals surface area contributed by atoms with Gasteiger partial charge in [0.05, 0.1) is 32.8 Å². The number of aromatic nitrogens is 1. The van der Waals surface area contributed by atoms with Gasteiger partial charge in [-0.1, -0.05) is 12.1 Å². The van der Waals surface area contributed by atoms with Crippen LogP contribution in [0.4, 0.5) is 0 Å². The molecular weight excluding hydrogens is 456 g/mol. The number of sulfonamides is 1. The Morgan fingerprint density at radius 3 is 2.45 bits per heavy atom. The standard InChI is InChI=1S/C24H24N4O3S2/c25-16-17-7-9-19(10-8-17)33(30,31)27-14-11-18(12-15-27)24(29)28-13-3-5-21(28)23-26-20-4-1-2-6-22(20)32-23/h1-2,4,6-10,18,21H,3,5,11-15H2/t21-/m0/s1. The zero-order chi connectivity index (χ0) is 23.0. The van der Waals surface area contributed by atoms with E-state index < -0.39 is 10.0 Å². The number of benzene rings is 2. The molecule has 0 aliphatic carbocycles. The fourth-order valence-corrected chi connectivity index (χ4v) is 7.33. The SMILES string of the molecule is N#Cc1ccc(S(=O)(=O)N2CCC(C(=O)N3CCC[C@H]3c3nc4ccccc4s3)CC2)cc1. The average molecular weight is 481 g/mol. The zero-order valence-corrected chi connectivity index (χ0v) is 19.7. The van der Waals surface area contributed by atoms with E-state index in [-0.39, 0.29) is 22.8 Å². The lowest BCUT2D eigenvalue weighted by molar-refractivity contribution is -0.137. The lowest BCUT2D eigenvalue weighted by Gasteiger charge is -2.34. The molecule has 0 bridgehead atoms. The van der Waals surface area contributed by atoms with Crippen LogP contribution in [0.2, 0.25) is 0 Å². The summed E-state index contributed by atoms with van der Waals surface area (Å²) in [6, 6.07) is 16.0. The van der Waals surface area contributed by atoms with E-state index >= 15 is 0 Å². The quantitative estimate of drug-likeness (QED) is 0.564. The third-order valence-corrected chi connectivity index (χ3v) is 9.61. The number of hydrogen-bond donors (Lipinski definition) is 0. The number of carbonyl (C=O) groups is 1. The van der Waals surface area contributed by atoms with Crippen molar-refractivity contribution in [3.05, 3.63) is 59.1 Å². The second-order valence-corrected chi connectivity index (χ2v) is 11.5. The molecule has 0 spiro atoms. The summed E-state index contributed by atoms with van der Waals surface area (Å²) in [7, 11) is -3.63. The van der Waals surface area contributed by atoms with Crippen LogP contribution in [0.3, 0.4) is 0 Å². The number of hydrogen-bond acceptors (Lipinski definition) is 6. The summed E-state index contributed by atoms with van der Waals surface area (Å²) in [5, 5.41) is 9.92. The van der Waals surface area contributed by atoms with Crippen LogP contribution in [-0.2, 0) is 14.8 Å². The maximum absolute atomic E-state index is 13.4. The molecule has 3 heterocycles.